The lowest BCUT2D eigenvalue weighted by Gasteiger charge is -2.29. The molecule has 1 heterocycles. The summed E-state index contributed by atoms with van der Waals surface area (Å²) in [6.45, 7) is 0.224. The van der Waals surface area contributed by atoms with Crippen molar-refractivity contribution >= 4 is 27.1 Å². The van der Waals surface area contributed by atoms with E-state index in [2.05, 4.69) is 15.6 Å². The quantitative estimate of drug-likeness (QED) is 0.287. The molecule has 34 heavy (non-hydrogen) atoms. The van der Waals surface area contributed by atoms with Crippen LogP contribution in [0.1, 0.15) is 64.2 Å². The van der Waals surface area contributed by atoms with E-state index < -0.39 is 27.6 Å². The van der Waals surface area contributed by atoms with Gasteiger partial charge in [-0.25, -0.2) is 12.8 Å². The first kappa shape index (κ1) is 26.3. The normalized spacial score (nSPS) is 15.1. The predicted molar refractivity (Wildman–Crippen MR) is 134 cm³/mol. The molecule has 0 saturated heterocycles. The minimum atomic E-state index is -3.42. The molecule has 2 N–H and O–H groups in total. The van der Waals surface area contributed by atoms with Crippen molar-refractivity contribution in [1.29, 1.82) is 0 Å². The van der Waals surface area contributed by atoms with E-state index in [0.29, 0.717) is 43.7 Å². The molecule has 8 nitrogen and oxygen atoms in total. The van der Waals surface area contributed by atoms with E-state index in [1.165, 1.54) is 4.31 Å². The van der Waals surface area contributed by atoms with Gasteiger partial charge in [0.15, 0.2) is 0 Å². The van der Waals surface area contributed by atoms with Crippen LogP contribution in [0.4, 0.5) is 21.5 Å². The SMILES string of the molecule is O=c1c(NCCCCCCCN(CCF)S(=O)(=O)C2CCCCC2)c(Nc2ccncc2)c1=O. The lowest BCUT2D eigenvalue weighted by atomic mass is 10.0. The third kappa shape index (κ3) is 6.85. The fraction of sp³-hybridized carbons (Fsp3) is 0.625. The minimum Gasteiger partial charge on any atom is -0.380 e. The van der Waals surface area contributed by atoms with E-state index in [9.17, 15) is 22.4 Å². The second-order valence-corrected chi connectivity index (χ2v) is 11.1. The molecule has 0 amide bonds. The van der Waals surface area contributed by atoms with Crippen LogP contribution in [-0.4, -0.2) is 49.3 Å². The zero-order chi connectivity index (χ0) is 24.4. The topological polar surface area (TPSA) is 108 Å². The number of rotatable bonds is 15. The molecule has 2 aromatic rings. The average Bonchev–Trinajstić information content (AvgIpc) is 2.87. The number of hydrogen-bond acceptors (Lipinski definition) is 7. The molecule has 0 spiro atoms. The van der Waals surface area contributed by atoms with Crippen LogP contribution in [0.25, 0.3) is 0 Å². The maximum absolute atomic E-state index is 13.0. The number of nitrogens with one attached hydrogen (secondary N) is 2. The van der Waals surface area contributed by atoms with Crippen LogP contribution in [0, 0.1) is 0 Å². The molecule has 0 atom stereocenters. The Hall–Kier alpha value is -2.33. The number of anilines is 3. The predicted octanol–water partition coefficient (Wildman–Crippen LogP) is 3.72. The molecule has 3 rings (SSSR count). The van der Waals surface area contributed by atoms with E-state index in [4.69, 9.17) is 0 Å². The summed E-state index contributed by atoms with van der Waals surface area (Å²) in [5.74, 6) is 0. The number of pyridine rings is 1. The Morgan fingerprint density at radius 2 is 1.56 bits per heavy atom. The smallest absolute Gasteiger partial charge is 0.253 e. The van der Waals surface area contributed by atoms with E-state index in [1.54, 1.807) is 24.5 Å². The summed E-state index contributed by atoms with van der Waals surface area (Å²) < 4.78 is 40.1. The Kier molecular flexibility index (Phi) is 10.0. The summed E-state index contributed by atoms with van der Waals surface area (Å²) in [6.07, 6.45) is 11.7. The van der Waals surface area contributed by atoms with Gasteiger partial charge in [0.1, 0.15) is 18.0 Å². The van der Waals surface area contributed by atoms with Gasteiger partial charge in [0, 0.05) is 37.7 Å². The van der Waals surface area contributed by atoms with Crippen LogP contribution in [0.3, 0.4) is 0 Å². The highest BCUT2D eigenvalue weighted by atomic mass is 32.2. The molecule has 0 unspecified atom stereocenters. The van der Waals surface area contributed by atoms with Gasteiger partial charge in [-0.2, -0.15) is 4.31 Å². The van der Waals surface area contributed by atoms with Gasteiger partial charge in [0.2, 0.25) is 10.0 Å². The van der Waals surface area contributed by atoms with Crippen LogP contribution in [0.5, 0.6) is 0 Å². The molecule has 1 aromatic heterocycles. The standard InChI is InChI=1S/C24H35FN4O4S/c25-13-18-29(34(32,33)20-9-5-4-6-10-20)17-8-3-1-2-7-14-27-21-22(24(31)23(21)30)28-19-11-15-26-16-12-19/h11-12,15-16,20,27H,1-10,13-14,17-18H2,(H,26,28). The van der Waals surface area contributed by atoms with Crippen molar-refractivity contribution in [2.45, 2.75) is 69.5 Å². The van der Waals surface area contributed by atoms with Crippen molar-refractivity contribution in [3.05, 3.63) is 45.0 Å². The Bertz CT molecular complexity index is 1060. The van der Waals surface area contributed by atoms with Crippen LogP contribution in [-0.2, 0) is 10.0 Å². The summed E-state index contributed by atoms with van der Waals surface area (Å²) in [5, 5.41) is 5.66. The number of halogens is 1. The van der Waals surface area contributed by atoms with Gasteiger partial charge in [0.05, 0.1) is 5.25 Å². The van der Waals surface area contributed by atoms with Crippen LogP contribution >= 0.6 is 0 Å². The molecule has 1 aliphatic carbocycles. The second kappa shape index (κ2) is 12.9. The third-order valence-electron chi connectivity index (χ3n) is 6.41. The van der Waals surface area contributed by atoms with Crippen LogP contribution < -0.4 is 21.5 Å². The minimum absolute atomic E-state index is 0.0551. The van der Waals surface area contributed by atoms with Crippen molar-refractivity contribution < 1.29 is 12.8 Å². The molecule has 1 saturated carbocycles. The summed E-state index contributed by atoms with van der Waals surface area (Å²) in [4.78, 5) is 27.7. The van der Waals surface area contributed by atoms with Crippen LogP contribution in [0.2, 0.25) is 0 Å². The number of nitrogens with zero attached hydrogens (tertiary/aromatic N) is 2. The van der Waals surface area contributed by atoms with E-state index >= 15 is 0 Å². The summed E-state index contributed by atoms with van der Waals surface area (Å²) in [7, 11) is -3.42. The van der Waals surface area contributed by atoms with Gasteiger partial charge >= 0.3 is 0 Å². The average molecular weight is 495 g/mol. The first-order chi connectivity index (χ1) is 16.4. The van der Waals surface area contributed by atoms with E-state index in [0.717, 1.165) is 44.9 Å². The summed E-state index contributed by atoms with van der Waals surface area (Å²) in [6, 6.07) is 3.44. The zero-order valence-electron chi connectivity index (χ0n) is 19.6. The van der Waals surface area contributed by atoms with Gasteiger partial charge in [-0.05, 0) is 37.8 Å². The fourth-order valence-electron chi connectivity index (χ4n) is 4.45. The lowest BCUT2D eigenvalue weighted by Crippen LogP contribution is -2.41. The fourth-order valence-corrected chi connectivity index (χ4v) is 6.51. The number of aromatic nitrogens is 1. The number of unbranched alkanes of at least 4 members (excludes halogenated alkanes) is 4. The van der Waals surface area contributed by atoms with Gasteiger partial charge < -0.3 is 10.6 Å². The lowest BCUT2D eigenvalue weighted by molar-refractivity contribution is 0.338. The van der Waals surface area contributed by atoms with E-state index in [1.807, 2.05) is 0 Å². The van der Waals surface area contributed by atoms with Crippen molar-refractivity contribution in [3.63, 3.8) is 0 Å². The zero-order valence-corrected chi connectivity index (χ0v) is 20.4. The molecule has 10 heteroatoms. The summed E-state index contributed by atoms with van der Waals surface area (Å²) >= 11 is 0. The highest BCUT2D eigenvalue weighted by Crippen LogP contribution is 2.26. The van der Waals surface area contributed by atoms with Crippen molar-refractivity contribution in [3.8, 4) is 0 Å². The Morgan fingerprint density at radius 3 is 2.26 bits per heavy atom. The molecule has 0 radical (unpaired) electrons. The molecule has 188 valence electrons. The molecule has 1 fully saturated rings. The number of alkyl halides is 1. The van der Waals surface area contributed by atoms with E-state index in [-0.39, 0.29) is 17.5 Å². The van der Waals surface area contributed by atoms with Crippen molar-refractivity contribution in [2.24, 2.45) is 0 Å². The largest absolute Gasteiger partial charge is 0.380 e. The molecule has 0 bridgehead atoms. The van der Waals surface area contributed by atoms with Crippen molar-refractivity contribution in [2.75, 3.05) is 36.9 Å². The van der Waals surface area contributed by atoms with Gasteiger partial charge in [-0.3, -0.25) is 14.6 Å². The second-order valence-electron chi connectivity index (χ2n) is 8.86. The summed E-state index contributed by atoms with van der Waals surface area (Å²) in [5.41, 5.74) is 0.251. The number of hydrogen-bond donors (Lipinski definition) is 2. The van der Waals surface area contributed by atoms with Crippen LogP contribution in [0.15, 0.2) is 34.1 Å². The first-order valence-electron chi connectivity index (χ1n) is 12.2. The monoisotopic (exact) mass is 494 g/mol. The molecule has 1 aromatic carbocycles. The highest BCUT2D eigenvalue weighted by molar-refractivity contribution is 7.89. The third-order valence-corrected chi connectivity index (χ3v) is 8.81. The first-order valence-corrected chi connectivity index (χ1v) is 13.7. The Balaban J connectivity index is 1.34. The van der Waals surface area contributed by atoms with Crippen molar-refractivity contribution in [1.82, 2.24) is 9.29 Å². The molecule has 1 aliphatic rings. The highest BCUT2D eigenvalue weighted by Gasteiger charge is 2.32. The van der Waals surface area contributed by atoms with Gasteiger partial charge in [-0.1, -0.05) is 38.5 Å². The maximum Gasteiger partial charge on any atom is 0.253 e. The van der Waals surface area contributed by atoms with Gasteiger partial charge in [-0.15, -0.1) is 0 Å². The number of sulfonamides is 1. The Labute approximate surface area is 200 Å². The molecule has 0 aliphatic heterocycles. The van der Waals surface area contributed by atoms with Gasteiger partial charge in [0.25, 0.3) is 10.9 Å². The molecular formula is C24H35FN4O4S. The Morgan fingerprint density at radius 1 is 0.912 bits per heavy atom. The maximum atomic E-state index is 13.0. The molecular weight excluding hydrogens is 459 g/mol.